The molecular formula is C9H28ClNSi3. The highest BCUT2D eigenvalue weighted by atomic mass is 35.6. The first kappa shape index (κ1) is 17.3. The van der Waals surface area contributed by atoms with Crippen molar-refractivity contribution < 1.29 is 0 Å². The molecule has 0 heterocycles. The van der Waals surface area contributed by atoms with E-state index < -0.39 is 24.6 Å². The molecule has 14 heavy (non-hydrogen) atoms. The minimum absolute atomic E-state index is 0.495. The van der Waals surface area contributed by atoms with Gasteiger partial charge < -0.3 is 4.23 Å². The molecule has 0 bridgehead atoms. The van der Waals surface area contributed by atoms with Crippen LogP contribution in [-0.4, -0.2) is 35.9 Å². The number of halogens is 1. The number of hydrogen-bond donors (Lipinski definition) is 0. The summed E-state index contributed by atoms with van der Waals surface area (Å²) in [5, 5.41) is 0. The average Bonchev–Trinajstić information content (AvgIpc) is 1.79. The molecule has 88 valence electrons. The summed E-state index contributed by atoms with van der Waals surface area (Å²) in [4.78, 5) is 0. The van der Waals surface area contributed by atoms with Crippen molar-refractivity contribution in [2.45, 2.75) is 52.4 Å². The van der Waals surface area contributed by atoms with Crippen LogP contribution in [0.4, 0.5) is 0 Å². The SMILES string of the molecule is CN([SiH](C)C)[Si](C)(C)C.C[Si](C)(C)Cl. The van der Waals surface area contributed by atoms with E-state index in [1.807, 2.05) is 0 Å². The molecule has 0 atom stereocenters. The standard InChI is InChI=1S/C6H19NSi2.C3H9ClSi/c1-7(8(2)3)9(4,5)6;1-5(2,3)4/h8H,1-6H3;1-3H3. The third kappa shape index (κ3) is 15.4. The average molecular weight is 270 g/mol. The van der Waals surface area contributed by atoms with Crippen molar-refractivity contribution in [1.29, 1.82) is 0 Å². The normalized spacial score (nSPS) is 12.9. The molecule has 0 aliphatic heterocycles. The predicted molar refractivity (Wildman–Crippen MR) is 79.2 cm³/mol. The predicted octanol–water partition coefficient (Wildman–Crippen LogP) is 3.80. The summed E-state index contributed by atoms with van der Waals surface area (Å²) in [6, 6.07) is 0. The molecule has 0 unspecified atom stereocenters. The molecular weight excluding hydrogens is 242 g/mol. The van der Waals surface area contributed by atoms with E-state index in [1.54, 1.807) is 0 Å². The molecule has 0 fully saturated rings. The molecule has 0 aliphatic rings. The Kier molecular flexibility index (Phi) is 8.00. The molecule has 0 aromatic rings. The second kappa shape index (κ2) is 6.48. The van der Waals surface area contributed by atoms with Crippen molar-refractivity contribution in [3.8, 4) is 0 Å². The van der Waals surface area contributed by atoms with Gasteiger partial charge in [-0.1, -0.05) is 52.4 Å². The second-order valence-electron chi connectivity index (χ2n) is 5.94. The Labute approximate surface area is 99.3 Å². The van der Waals surface area contributed by atoms with E-state index in [0.717, 1.165) is 0 Å². The van der Waals surface area contributed by atoms with Crippen LogP contribution >= 0.6 is 11.1 Å². The Morgan fingerprint density at radius 2 is 1.14 bits per heavy atom. The Morgan fingerprint density at radius 1 is 0.929 bits per heavy atom. The minimum atomic E-state index is -1.14. The molecule has 0 amide bonds. The maximum absolute atomic E-state index is 5.67. The van der Waals surface area contributed by atoms with Gasteiger partial charge in [0.05, 0.1) is 8.96 Å². The minimum Gasteiger partial charge on any atom is -0.351 e. The zero-order valence-electron chi connectivity index (χ0n) is 11.4. The number of nitrogens with zero attached hydrogens (tertiary/aromatic N) is 1. The Bertz CT molecular complexity index is 143. The summed E-state index contributed by atoms with van der Waals surface area (Å²) in [6.45, 7) is 18.3. The van der Waals surface area contributed by atoms with E-state index in [4.69, 9.17) is 11.1 Å². The molecule has 0 radical (unpaired) electrons. The van der Waals surface area contributed by atoms with Crippen LogP contribution in [0, 0.1) is 0 Å². The van der Waals surface area contributed by atoms with Crippen LogP contribution in [0.2, 0.25) is 52.4 Å². The molecule has 1 nitrogen and oxygen atoms in total. The van der Waals surface area contributed by atoms with Crippen LogP contribution in [0.15, 0.2) is 0 Å². The van der Waals surface area contributed by atoms with Gasteiger partial charge in [0.1, 0.15) is 15.6 Å². The smallest absolute Gasteiger partial charge is 0.147 e. The van der Waals surface area contributed by atoms with E-state index in [1.165, 1.54) is 0 Å². The summed E-state index contributed by atoms with van der Waals surface area (Å²) in [5.74, 6) is 0. The molecule has 0 rings (SSSR count). The lowest BCUT2D eigenvalue weighted by Gasteiger charge is -2.33. The number of rotatable bonds is 2. The zero-order valence-corrected chi connectivity index (χ0v) is 15.3. The van der Waals surface area contributed by atoms with Crippen LogP contribution in [0.25, 0.3) is 0 Å². The maximum atomic E-state index is 5.67. The van der Waals surface area contributed by atoms with E-state index in [-0.39, 0.29) is 0 Å². The fraction of sp³-hybridized carbons (Fsp3) is 1.00. The lowest BCUT2D eigenvalue weighted by atomic mass is 11.6. The van der Waals surface area contributed by atoms with Gasteiger partial charge in [0, 0.05) is 0 Å². The molecule has 5 heteroatoms. The second-order valence-corrected chi connectivity index (χ2v) is 22.0. The molecule has 0 aliphatic carbocycles. The Hall–Kier alpha value is 0.901. The quantitative estimate of drug-likeness (QED) is 0.545. The highest BCUT2D eigenvalue weighted by Gasteiger charge is 2.21. The summed E-state index contributed by atoms with van der Waals surface area (Å²) < 4.78 is 2.63. The fourth-order valence-corrected chi connectivity index (χ4v) is 6.97. The van der Waals surface area contributed by atoms with Crippen molar-refractivity contribution >= 4 is 35.7 Å². The molecule has 0 aromatic carbocycles. The first-order chi connectivity index (χ1) is 5.85. The third-order valence-electron chi connectivity index (χ3n) is 1.83. The lowest BCUT2D eigenvalue weighted by molar-refractivity contribution is 0.784. The van der Waals surface area contributed by atoms with Crippen molar-refractivity contribution in [3.63, 3.8) is 0 Å². The van der Waals surface area contributed by atoms with Crippen LogP contribution in [0.5, 0.6) is 0 Å². The van der Waals surface area contributed by atoms with Crippen molar-refractivity contribution in [2.75, 3.05) is 7.05 Å². The van der Waals surface area contributed by atoms with E-state index in [9.17, 15) is 0 Å². The largest absolute Gasteiger partial charge is 0.351 e. The lowest BCUT2D eigenvalue weighted by Crippen LogP contribution is -2.49. The number of hydrogen-bond acceptors (Lipinski definition) is 1. The van der Waals surface area contributed by atoms with Gasteiger partial charge in [0.2, 0.25) is 0 Å². The first-order valence-corrected chi connectivity index (χ1v) is 16.1. The Morgan fingerprint density at radius 3 is 1.14 bits per heavy atom. The molecule has 0 aromatic heterocycles. The van der Waals surface area contributed by atoms with Gasteiger partial charge in [0.25, 0.3) is 0 Å². The van der Waals surface area contributed by atoms with Crippen LogP contribution in [0.1, 0.15) is 0 Å². The van der Waals surface area contributed by atoms with Gasteiger partial charge in [-0.2, -0.15) is 11.1 Å². The Balaban J connectivity index is 0. The summed E-state index contributed by atoms with van der Waals surface area (Å²) in [5.41, 5.74) is 0. The summed E-state index contributed by atoms with van der Waals surface area (Å²) in [7, 11) is -0.281. The van der Waals surface area contributed by atoms with Crippen molar-refractivity contribution in [1.82, 2.24) is 4.23 Å². The van der Waals surface area contributed by atoms with Crippen molar-refractivity contribution in [3.05, 3.63) is 0 Å². The van der Waals surface area contributed by atoms with Gasteiger partial charge in [-0.05, 0) is 7.05 Å². The molecule has 0 N–H and O–H groups in total. The monoisotopic (exact) mass is 269 g/mol. The van der Waals surface area contributed by atoms with Gasteiger partial charge in [-0.25, -0.2) is 0 Å². The van der Waals surface area contributed by atoms with E-state index >= 15 is 0 Å². The van der Waals surface area contributed by atoms with Crippen molar-refractivity contribution in [2.24, 2.45) is 0 Å². The summed E-state index contributed by atoms with van der Waals surface area (Å²) >= 11 is 5.67. The van der Waals surface area contributed by atoms with Crippen LogP contribution in [0.3, 0.4) is 0 Å². The van der Waals surface area contributed by atoms with Gasteiger partial charge >= 0.3 is 0 Å². The highest BCUT2D eigenvalue weighted by Crippen LogP contribution is 2.07. The molecule has 0 saturated heterocycles. The fourth-order valence-electron chi connectivity index (χ4n) is 0.775. The summed E-state index contributed by atoms with van der Waals surface area (Å²) in [6.07, 6.45) is 0. The molecule has 0 spiro atoms. The third-order valence-corrected chi connectivity index (χ3v) is 9.37. The van der Waals surface area contributed by atoms with Crippen LogP contribution in [-0.2, 0) is 0 Å². The van der Waals surface area contributed by atoms with Gasteiger partial charge in [-0.3, -0.25) is 0 Å². The van der Waals surface area contributed by atoms with Gasteiger partial charge in [0.15, 0.2) is 0 Å². The zero-order chi connectivity index (χ0) is 12.2. The first-order valence-electron chi connectivity index (χ1n) is 5.27. The van der Waals surface area contributed by atoms with Gasteiger partial charge in [-0.15, -0.1) is 0 Å². The molecule has 0 saturated carbocycles. The van der Waals surface area contributed by atoms with Crippen LogP contribution < -0.4 is 0 Å². The van der Waals surface area contributed by atoms with E-state index in [0.29, 0.717) is 0 Å². The topological polar surface area (TPSA) is 3.24 Å². The highest BCUT2D eigenvalue weighted by molar-refractivity contribution is 7.18. The van der Waals surface area contributed by atoms with E-state index in [2.05, 4.69) is 63.7 Å². The maximum Gasteiger partial charge on any atom is 0.147 e.